The summed E-state index contributed by atoms with van der Waals surface area (Å²) in [6, 6.07) is 10.6. The largest absolute Gasteiger partial charge is 0.481 e. The van der Waals surface area contributed by atoms with Crippen molar-refractivity contribution in [3.05, 3.63) is 82.8 Å². The van der Waals surface area contributed by atoms with Gasteiger partial charge in [-0.05, 0) is 108 Å². The lowest BCUT2D eigenvalue weighted by molar-refractivity contribution is 0.0240. The Morgan fingerprint density at radius 1 is 1.00 bits per heavy atom. The van der Waals surface area contributed by atoms with E-state index in [9.17, 15) is 9.59 Å². The molecule has 3 aromatic heterocycles. The lowest BCUT2D eigenvalue weighted by Gasteiger charge is -2.36. The molecule has 4 aromatic rings. The molecule has 2 aliphatic rings. The minimum atomic E-state index is -0.520. The summed E-state index contributed by atoms with van der Waals surface area (Å²) in [7, 11) is 1.63. The van der Waals surface area contributed by atoms with E-state index in [4.69, 9.17) is 14.5 Å². The molecule has 2 amide bonds. The summed E-state index contributed by atoms with van der Waals surface area (Å²) in [6.07, 6.45) is 10.7. The number of hydrogen-bond donors (Lipinski definition) is 1. The van der Waals surface area contributed by atoms with Crippen LogP contribution in [-0.4, -0.2) is 70.3 Å². The van der Waals surface area contributed by atoms with Gasteiger partial charge in [0, 0.05) is 84.4 Å². The second kappa shape index (κ2) is 13.9. The number of nitrogens with zero attached hydrogens (tertiary/aromatic N) is 5. The molecule has 10 nitrogen and oxygen atoms in total. The summed E-state index contributed by atoms with van der Waals surface area (Å²) in [5, 5.41) is 4.19. The number of pyridine rings is 2. The van der Waals surface area contributed by atoms with E-state index in [1.165, 1.54) is 0 Å². The molecule has 0 spiro atoms. The molecule has 1 aromatic carbocycles. The number of aryl methyl sites for hydroxylation is 2. The van der Waals surface area contributed by atoms with Crippen LogP contribution in [0.5, 0.6) is 5.88 Å². The van der Waals surface area contributed by atoms with Crippen LogP contribution in [0.2, 0.25) is 0 Å². The summed E-state index contributed by atoms with van der Waals surface area (Å²) in [5.74, 6) is 1.27. The first kappa shape index (κ1) is 34.0. The highest BCUT2D eigenvalue weighted by Gasteiger charge is 2.27. The number of fused-ring (bicyclic) bond motifs is 1. The topological polar surface area (TPSA) is 102 Å². The molecular weight excluding hydrogens is 616 g/mol. The van der Waals surface area contributed by atoms with Crippen LogP contribution in [0.4, 0.5) is 10.6 Å². The summed E-state index contributed by atoms with van der Waals surface area (Å²) < 4.78 is 13.5. The van der Waals surface area contributed by atoms with Crippen LogP contribution in [-0.2, 0) is 24.1 Å². The Bertz CT molecular complexity index is 1880. The van der Waals surface area contributed by atoms with Crippen LogP contribution in [0.15, 0.2) is 54.9 Å². The second-order valence-corrected chi connectivity index (χ2v) is 14.2. The number of methoxy groups -OCH3 is 1. The zero-order valence-electron chi connectivity index (χ0n) is 29.8. The normalized spacial score (nSPS) is 15.7. The van der Waals surface area contributed by atoms with Gasteiger partial charge in [0.1, 0.15) is 11.4 Å². The molecule has 1 N–H and O–H groups in total. The highest BCUT2D eigenvalue weighted by Crippen LogP contribution is 2.35. The molecular formula is C39H48N6O4. The van der Waals surface area contributed by atoms with Gasteiger partial charge in [-0.15, -0.1) is 0 Å². The second-order valence-electron chi connectivity index (χ2n) is 14.2. The fourth-order valence-corrected chi connectivity index (χ4v) is 6.73. The monoisotopic (exact) mass is 664 g/mol. The molecule has 0 saturated carbocycles. The molecule has 2 aliphatic heterocycles. The maximum atomic E-state index is 14.2. The molecule has 0 unspecified atom stereocenters. The fraction of sp³-hybridized carbons (Fsp3) is 0.436. The van der Waals surface area contributed by atoms with Crippen LogP contribution >= 0.6 is 0 Å². The molecule has 258 valence electrons. The number of hydrogen-bond acceptors (Lipinski definition) is 7. The molecule has 10 heteroatoms. The minimum Gasteiger partial charge on any atom is -0.481 e. The van der Waals surface area contributed by atoms with Crippen molar-refractivity contribution >= 4 is 28.7 Å². The van der Waals surface area contributed by atoms with Gasteiger partial charge in [0.2, 0.25) is 5.88 Å². The number of carbonyl (C=O) groups is 2. The number of amides is 2. The molecule has 0 bridgehead atoms. The van der Waals surface area contributed by atoms with Crippen LogP contribution in [0.3, 0.4) is 0 Å². The standard InChI is InChI=1S/C39H48N6O4/c1-25(2)45-24-29-12-10-8-9-11-27-19-26(3)42-37(48-7)32(27)23-41-36(46)31-20-30(21-33(45)35(29)31)28-13-14-34(40-22-28)43-15-17-44(18-16-43)38(47)49-39(4,5)6/h8,10,13-14,19-22,24-25H,9,11-12,15-18,23H2,1-7H3,(H,41,46). The molecule has 5 heterocycles. The van der Waals surface area contributed by atoms with Crippen molar-refractivity contribution in [2.45, 2.75) is 79.0 Å². The Balaban J connectivity index is 1.32. The third kappa shape index (κ3) is 7.43. The van der Waals surface area contributed by atoms with E-state index in [2.05, 4.69) is 70.2 Å². The van der Waals surface area contributed by atoms with Crippen LogP contribution < -0.4 is 15.0 Å². The average Bonchev–Trinajstić information content (AvgIpc) is 3.45. The predicted molar refractivity (Wildman–Crippen MR) is 193 cm³/mol. The number of allylic oxidation sites excluding steroid dienone is 2. The van der Waals surface area contributed by atoms with Gasteiger partial charge in [-0.25, -0.2) is 14.8 Å². The highest BCUT2D eigenvalue weighted by atomic mass is 16.6. The van der Waals surface area contributed by atoms with Crippen molar-refractivity contribution < 1.29 is 19.1 Å². The van der Waals surface area contributed by atoms with Gasteiger partial charge in [0.15, 0.2) is 0 Å². The van der Waals surface area contributed by atoms with Crippen molar-refractivity contribution in [1.29, 1.82) is 0 Å². The molecule has 49 heavy (non-hydrogen) atoms. The van der Waals surface area contributed by atoms with Crippen LogP contribution in [0, 0.1) is 6.92 Å². The number of aromatic nitrogens is 3. The van der Waals surface area contributed by atoms with Gasteiger partial charge in [-0.2, -0.15) is 0 Å². The lowest BCUT2D eigenvalue weighted by Crippen LogP contribution is -2.50. The Morgan fingerprint density at radius 3 is 2.45 bits per heavy atom. The number of carbonyl (C=O) groups excluding carboxylic acids is 2. The number of anilines is 1. The van der Waals surface area contributed by atoms with E-state index in [1.807, 2.05) is 46.0 Å². The smallest absolute Gasteiger partial charge is 0.410 e. The number of rotatable bonds is 4. The van der Waals surface area contributed by atoms with Gasteiger partial charge in [0.25, 0.3) is 5.91 Å². The summed E-state index contributed by atoms with van der Waals surface area (Å²) in [5.41, 5.74) is 7.05. The fourth-order valence-electron chi connectivity index (χ4n) is 6.73. The van der Waals surface area contributed by atoms with Crippen molar-refractivity contribution in [3.8, 4) is 17.0 Å². The van der Waals surface area contributed by atoms with E-state index >= 15 is 0 Å². The average molecular weight is 665 g/mol. The van der Waals surface area contributed by atoms with E-state index in [0.717, 1.165) is 69.5 Å². The van der Waals surface area contributed by atoms with E-state index in [0.29, 0.717) is 44.2 Å². The maximum Gasteiger partial charge on any atom is 0.410 e. The SMILES string of the molecule is COc1nc(C)cc2c1CNC(=O)c1cc(-c3ccc(N4CCN(C(=O)OC(C)(C)C)CC4)nc3)cc3c1c(cn3C(C)C)CC=CCC2. The number of benzene rings is 1. The third-order valence-electron chi connectivity index (χ3n) is 9.16. The zero-order chi connectivity index (χ0) is 34.9. The van der Waals surface area contributed by atoms with Crippen molar-refractivity contribution in [2.24, 2.45) is 0 Å². The maximum absolute atomic E-state index is 14.2. The Labute approximate surface area is 289 Å². The quantitative estimate of drug-likeness (QED) is 0.234. The Kier molecular flexibility index (Phi) is 9.68. The molecule has 1 saturated heterocycles. The van der Waals surface area contributed by atoms with Gasteiger partial charge < -0.3 is 29.2 Å². The molecule has 6 rings (SSSR count). The highest BCUT2D eigenvalue weighted by molar-refractivity contribution is 6.09. The molecule has 0 aliphatic carbocycles. The van der Waals surface area contributed by atoms with E-state index in [-0.39, 0.29) is 18.0 Å². The lowest BCUT2D eigenvalue weighted by atomic mass is 9.97. The number of nitrogens with one attached hydrogen (secondary N) is 1. The minimum absolute atomic E-state index is 0.140. The van der Waals surface area contributed by atoms with Gasteiger partial charge in [0.05, 0.1) is 7.11 Å². The Morgan fingerprint density at radius 2 is 1.78 bits per heavy atom. The first-order valence-electron chi connectivity index (χ1n) is 17.2. The summed E-state index contributed by atoms with van der Waals surface area (Å²) in [6.45, 7) is 14.8. The molecule has 1 fully saturated rings. The number of ether oxygens (including phenoxy) is 2. The molecule has 0 atom stereocenters. The van der Waals surface area contributed by atoms with E-state index in [1.54, 1.807) is 12.0 Å². The van der Waals surface area contributed by atoms with Crippen molar-refractivity contribution in [2.75, 3.05) is 38.2 Å². The first-order valence-corrected chi connectivity index (χ1v) is 17.2. The number of piperazine rings is 1. The zero-order valence-corrected chi connectivity index (χ0v) is 29.8. The van der Waals surface area contributed by atoms with Crippen LogP contribution in [0.1, 0.15) is 79.8 Å². The van der Waals surface area contributed by atoms with Gasteiger partial charge in [-0.3, -0.25) is 4.79 Å². The summed E-state index contributed by atoms with van der Waals surface area (Å²) in [4.78, 5) is 40.1. The van der Waals surface area contributed by atoms with Crippen molar-refractivity contribution in [1.82, 2.24) is 24.8 Å². The van der Waals surface area contributed by atoms with Crippen LogP contribution in [0.25, 0.3) is 22.0 Å². The van der Waals surface area contributed by atoms with Crippen molar-refractivity contribution in [3.63, 3.8) is 0 Å². The third-order valence-corrected chi connectivity index (χ3v) is 9.16. The first-order chi connectivity index (χ1) is 23.4. The van der Waals surface area contributed by atoms with Gasteiger partial charge in [-0.1, -0.05) is 12.2 Å². The predicted octanol–water partition coefficient (Wildman–Crippen LogP) is 7.03. The summed E-state index contributed by atoms with van der Waals surface area (Å²) >= 11 is 0. The van der Waals surface area contributed by atoms with E-state index < -0.39 is 5.60 Å². The Hall–Kier alpha value is -4.86. The van der Waals surface area contributed by atoms with Gasteiger partial charge >= 0.3 is 6.09 Å². The molecule has 0 radical (unpaired) electrons.